The molecule has 0 atom stereocenters. The lowest BCUT2D eigenvalue weighted by atomic mass is 10.1. The second-order valence-corrected chi connectivity index (χ2v) is 6.48. The van der Waals surface area contributed by atoms with E-state index < -0.39 is 17.7 Å². The summed E-state index contributed by atoms with van der Waals surface area (Å²) < 4.78 is 19.8. The van der Waals surface area contributed by atoms with E-state index in [2.05, 4.69) is 0 Å². The SMILES string of the molecule is CC(C)(C)OC(=O)n1cc(CCC(=O)O)cc1-c1ccc(F)cc1. The number of carboxylic acid groups (broad SMARTS) is 1. The number of ether oxygens (including phenoxy) is 1. The summed E-state index contributed by atoms with van der Waals surface area (Å²) >= 11 is 0. The molecule has 6 heteroatoms. The van der Waals surface area contributed by atoms with Crippen LogP contribution in [0.4, 0.5) is 9.18 Å². The first-order valence-electron chi connectivity index (χ1n) is 7.58. The van der Waals surface area contributed by atoms with Crippen LogP contribution in [0.5, 0.6) is 0 Å². The van der Waals surface area contributed by atoms with Gasteiger partial charge in [0.2, 0.25) is 0 Å². The lowest BCUT2D eigenvalue weighted by Gasteiger charge is -2.20. The number of carboxylic acids is 1. The quantitative estimate of drug-likeness (QED) is 0.915. The third-order valence-electron chi connectivity index (χ3n) is 3.23. The second kappa shape index (κ2) is 6.86. The van der Waals surface area contributed by atoms with Gasteiger partial charge in [-0.3, -0.25) is 9.36 Å². The maximum absolute atomic E-state index is 13.1. The summed E-state index contributed by atoms with van der Waals surface area (Å²) in [6.07, 6.45) is 1.25. The van der Waals surface area contributed by atoms with Gasteiger partial charge in [-0.1, -0.05) is 0 Å². The standard InChI is InChI=1S/C18H20FNO4/c1-18(2,3)24-17(23)20-11-12(4-9-16(21)22)10-15(20)13-5-7-14(19)8-6-13/h5-8,10-11H,4,9H2,1-3H3,(H,21,22). The first-order chi connectivity index (χ1) is 11.2. The van der Waals surface area contributed by atoms with Crippen LogP contribution in [0, 0.1) is 5.82 Å². The van der Waals surface area contributed by atoms with Crippen molar-refractivity contribution in [2.24, 2.45) is 0 Å². The number of aliphatic carboxylic acids is 1. The number of aromatic nitrogens is 1. The number of benzene rings is 1. The highest BCUT2D eigenvalue weighted by Gasteiger charge is 2.21. The Labute approximate surface area is 139 Å². The maximum atomic E-state index is 13.1. The fourth-order valence-corrected chi connectivity index (χ4v) is 2.21. The third-order valence-corrected chi connectivity index (χ3v) is 3.23. The van der Waals surface area contributed by atoms with Crippen molar-refractivity contribution >= 4 is 12.1 Å². The summed E-state index contributed by atoms with van der Waals surface area (Å²) in [7, 11) is 0. The van der Waals surface area contributed by atoms with Crippen LogP contribution in [0.25, 0.3) is 11.3 Å². The van der Waals surface area contributed by atoms with Crippen LogP contribution < -0.4 is 0 Å². The van der Waals surface area contributed by atoms with Crippen LogP contribution in [0.2, 0.25) is 0 Å². The lowest BCUT2D eigenvalue weighted by molar-refractivity contribution is -0.136. The molecule has 0 aliphatic carbocycles. The number of rotatable bonds is 4. The predicted molar refractivity (Wildman–Crippen MR) is 87.4 cm³/mol. The van der Waals surface area contributed by atoms with Gasteiger partial charge < -0.3 is 9.84 Å². The highest BCUT2D eigenvalue weighted by atomic mass is 19.1. The largest absolute Gasteiger partial charge is 0.481 e. The average Bonchev–Trinajstić information content (AvgIpc) is 2.88. The minimum atomic E-state index is -0.914. The number of carbonyl (C=O) groups excluding carboxylic acids is 1. The molecule has 128 valence electrons. The van der Waals surface area contributed by atoms with Crippen LogP contribution in [-0.4, -0.2) is 27.3 Å². The van der Waals surface area contributed by atoms with E-state index in [-0.39, 0.29) is 12.2 Å². The molecule has 0 unspecified atom stereocenters. The Morgan fingerprint density at radius 3 is 2.38 bits per heavy atom. The highest BCUT2D eigenvalue weighted by molar-refractivity contribution is 5.79. The Balaban J connectivity index is 2.40. The zero-order chi connectivity index (χ0) is 17.9. The first-order valence-corrected chi connectivity index (χ1v) is 7.58. The van der Waals surface area contributed by atoms with Gasteiger partial charge in [0.15, 0.2) is 0 Å². The number of halogens is 1. The molecule has 24 heavy (non-hydrogen) atoms. The highest BCUT2D eigenvalue weighted by Crippen LogP contribution is 2.25. The smallest absolute Gasteiger partial charge is 0.418 e. The molecule has 0 saturated carbocycles. The Kier molecular flexibility index (Phi) is 5.07. The van der Waals surface area contributed by atoms with Gasteiger partial charge in [0.25, 0.3) is 0 Å². The molecule has 0 radical (unpaired) electrons. The van der Waals surface area contributed by atoms with Crippen LogP contribution >= 0.6 is 0 Å². The summed E-state index contributed by atoms with van der Waals surface area (Å²) in [6, 6.07) is 7.45. The van der Waals surface area contributed by atoms with Gasteiger partial charge in [0, 0.05) is 12.6 Å². The van der Waals surface area contributed by atoms with Gasteiger partial charge in [0.05, 0.1) is 5.69 Å². The molecule has 2 rings (SSSR count). The number of carbonyl (C=O) groups is 2. The van der Waals surface area contributed by atoms with Crippen molar-refractivity contribution in [2.75, 3.05) is 0 Å². The van der Waals surface area contributed by atoms with E-state index in [9.17, 15) is 14.0 Å². The Hall–Kier alpha value is -2.63. The van der Waals surface area contributed by atoms with Crippen LogP contribution in [0.15, 0.2) is 36.5 Å². The van der Waals surface area contributed by atoms with Crippen molar-refractivity contribution in [3.63, 3.8) is 0 Å². The van der Waals surface area contributed by atoms with Gasteiger partial charge in [-0.15, -0.1) is 0 Å². The monoisotopic (exact) mass is 333 g/mol. The minimum absolute atomic E-state index is 0.0405. The Morgan fingerprint density at radius 1 is 1.21 bits per heavy atom. The normalized spacial score (nSPS) is 11.3. The van der Waals surface area contributed by atoms with Crippen molar-refractivity contribution in [3.8, 4) is 11.3 Å². The van der Waals surface area contributed by atoms with E-state index >= 15 is 0 Å². The van der Waals surface area contributed by atoms with E-state index in [1.54, 1.807) is 45.2 Å². The van der Waals surface area contributed by atoms with E-state index in [0.717, 1.165) is 0 Å². The predicted octanol–water partition coefficient (Wildman–Crippen LogP) is 4.09. The zero-order valence-electron chi connectivity index (χ0n) is 13.9. The van der Waals surface area contributed by atoms with Crippen LogP contribution in [-0.2, 0) is 16.0 Å². The molecule has 1 aromatic heterocycles. The summed E-state index contributed by atoms with van der Waals surface area (Å²) in [5, 5.41) is 8.82. The van der Waals surface area contributed by atoms with E-state index in [0.29, 0.717) is 23.2 Å². The van der Waals surface area contributed by atoms with Crippen molar-refractivity contribution in [2.45, 2.75) is 39.2 Å². The third kappa shape index (κ3) is 4.68. The summed E-state index contributed by atoms with van der Waals surface area (Å²) in [4.78, 5) is 23.2. The Bertz CT molecular complexity index is 741. The summed E-state index contributed by atoms with van der Waals surface area (Å²) in [5.74, 6) is -1.29. The lowest BCUT2D eigenvalue weighted by Crippen LogP contribution is -2.27. The minimum Gasteiger partial charge on any atom is -0.481 e. The fourth-order valence-electron chi connectivity index (χ4n) is 2.21. The van der Waals surface area contributed by atoms with Crippen molar-refractivity contribution in [3.05, 3.63) is 47.9 Å². The molecular formula is C18H20FNO4. The van der Waals surface area contributed by atoms with Crippen molar-refractivity contribution in [1.29, 1.82) is 0 Å². The molecule has 1 aromatic carbocycles. The van der Waals surface area contributed by atoms with Crippen molar-refractivity contribution < 1.29 is 23.8 Å². The number of aryl methyl sites for hydroxylation is 1. The zero-order valence-corrected chi connectivity index (χ0v) is 13.9. The number of nitrogens with zero attached hydrogens (tertiary/aromatic N) is 1. The van der Waals surface area contributed by atoms with E-state index in [1.807, 2.05) is 0 Å². The Morgan fingerprint density at radius 2 is 1.83 bits per heavy atom. The first kappa shape index (κ1) is 17.7. The molecule has 0 spiro atoms. The molecule has 2 aromatic rings. The van der Waals surface area contributed by atoms with Gasteiger partial charge in [-0.05, 0) is 68.7 Å². The molecular weight excluding hydrogens is 313 g/mol. The van der Waals surface area contributed by atoms with Crippen LogP contribution in [0.1, 0.15) is 32.8 Å². The topological polar surface area (TPSA) is 68.5 Å². The summed E-state index contributed by atoms with van der Waals surface area (Å²) in [6.45, 7) is 5.28. The fraction of sp³-hybridized carbons (Fsp3) is 0.333. The molecule has 0 saturated heterocycles. The molecule has 1 heterocycles. The van der Waals surface area contributed by atoms with E-state index in [1.165, 1.54) is 16.7 Å². The molecule has 0 aliphatic rings. The number of hydrogen-bond donors (Lipinski definition) is 1. The second-order valence-electron chi connectivity index (χ2n) is 6.48. The van der Waals surface area contributed by atoms with Gasteiger partial charge >= 0.3 is 12.1 Å². The van der Waals surface area contributed by atoms with Gasteiger partial charge in [0.1, 0.15) is 11.4 Å². The molecule has 0 amide bonds. The molecule has 5 nitrogen and oxygen atoms in total. The van der Waals surface area contributed by atoms with Gasteiger partial charge in [-0.25, -0.2) is 9.18 Å². The number of hydrogen-bond acceptors (Lipinski definition) is 3. The van der Waals surface area contributed by atoms with Crippen molar-refractivity contribution in [1.82, 2.24) is 4.57 Å². The average molecular weight is 333 g/mol. The van der Waals surface area contributed by atoms with Crippen LogP contribution in [0.3, 0.4) is 0 Å². The van der Waals surface area contributed by atoms with Gasteiger partial charge in [-0.2, -0.15) is 0 Å². The molecule has 0 fully saturated rings. The molecule has 0 aliphatic heterocycles. The van der Waals surface area contributed by atoms with E-state index in [4.69, 9.17) is 9.84 Å². The summed E-state index contributed by atoms with van der Waals surface area (Å²) in [5.41, 5.74) is 1.21. The molecule has 0 bridgehead atoms. The molecule has 1 N–H and O–H groups in total. The maximum Gasteiger partial charge on any atom is 0.418 e.